The maximum Gasteiger partial charge on any atom is 0.289 e. The number of aryl methyl sites for hydroxylation is 1. The number of carbonyl (C=O) groups is 2. The van der Waals surface area contributed by atoms with Crippen LogP contribution in [0.2, 0.25) is 0 Å². The van der Waals surface area contributed by atoms with Crippen molar-refractivity contribution >= 4 is 11.8 Å². The van der Waals surface area contributed by atoms with Crippen molar-refractivity contribution in [2.45, 2.75) is 13.0 Å². The van der Waals surface area contributed by atoms with Crippen LogP contribution in [0.15, 0.2) is 64.1 Å². The first-order chi connectivity index (χ1) is 15.0. The Balaban J connectivity index is 1.47. The Bertz CT molecular complexity index is 1140. The van der Waals surface area contributed by atoms with E-state index in [1.807, 2.05) is 30.3 Å². The fourth-order valence-electron chi connectivity index (χ4n) is 3.69. The lowest BCUT2D eigenvalue weighted by Gasteiger charge is -2.29. The van der Waals surface area contributed by atoms with Crippen LogP contribution in [0.4, 0.5) is 0 Å². The van der Waals surface area contributed by atoms with E-state index in [0.29, 0.717) is 30.8 Å². The van der Waals surface area contributed by atoms with Gasteiger partial charge in [0.2, 0.25) is 0 Å². The maximum atomic E-state index is 12.8. The molecule has 3 aromatic rings. The van der Waals surface area contributed by atoms with Crippen LogP contribution in [0.25, 0.3) is 0 Å². The lowest BCUT2D eigenvalue weighted by Crippen LogP contribution is -2.41. The highest BCUT2D eigenvalue weighted by Crippen LogP contribution is 2.22. The van der Waals surface area contributed by atoms with Crippen LogP contribution in [-0.2, 0) is 20.0 Å². The summed E-state index contributed by atoms with van der Waals surface area (Å²) in [5.41, 5.74) is 1.24. The molecule has 0 unspecified atom stereocenters. The molecule has 4 rings (SSSR count). The lowest BCUT2D eigenvalue weighted by molar-refractivity contribution is 0.0701. The molecule has 1 N–H and O–H groups in total. The van der Waals surface area contributed by atoms with Gasteiger partial charge in [-0.2, -0.15) is 0 Å². The molecule has 0 saturated heterocycles. The van der Waals surface area contributed by atoms with E-state index in [-0.39, 0.29) is 35.9 Å². The molecule has 2 aromatic heterocycles. The quantitative estimate of drug-likeness (QED) is 0.615. The average molecular weight is 421 g/mol. The molecule has 160 valence electrons. The summed E-state index contributed by atoms with van der Waals surface area (Å²) in [5, 5.41) is 2.77. The van der Waals surface area contributed by atoms with Gasteiger partial charge in [0, 0.05) is 26.3 Å². The molecule has 8 heteroatoms. The molecule has 1 aliphatic heterocycles. The van der Waals surface area contributed by atoms with Crippen molar-refractivity contribution in [1.82, 2.24) is 14.8 Å². The molecule has 31 heavy (non-hydrogen) atoms. The number of nitrogens with zero attached hydrogens (tertiary/aromatic N) is 2. The van der Waals surface area contributed by atoms with Crippen molar-refractivity contribution in [3.8, 4) is 5.75 Å². The Kier molecular flexibility index (Phi) is 5.88. The van der Waals surface area contributed by atoms with Crippen LogP contribution < -0.4 is 15.6 Å². The summed E-state index contributed by atoms with van der Waals surface area (Å²) in [5.74, 6) is 0.337. The summed E-state index contributed by atoms with van der Waals surface area (Å²) in [7, 11) is 1.60. The van der Waals surface area contributed by atoms with Gasteiger partial charge in [-0.05, 0) is 41.8 Å². The van der Waals surface area contributed by atoms with Gasteiger partial charge in [-0.3, -0.25) is 14.4 Å². The minimum Gasteiger partial charge on any atom is -0.492 e. The smallest absolute Gasteiger partial charge is 0.289 e. The Hall–Kier alpha value is -3.81. The summed E-state index contributed by atoms with van der Waals surface area (Å²) >= 11 is 0. The van der Waals surface area contributed by atoms with Crippen LogP contribution in [0, 0.1) is 0 Å². The molecular formula is C23H23N3O5. The highest BCUT2D eigenvalue weighted by molar-refractivity contribution is 5.96. The van der Waals surface area contributed by atoms with Gasteiger partial charge in [0.25, 0.3) is 17.4 Å². The molecule has 0 saturated carbocycles. The van der Waals surface area contributed by atoms with E-state index in [4.69, 9.17) is 9.15 Å². The maximum absolute atomic E-state index is 12.8. The normalized spacial score (nSPS) is 12.9. The number of furan rings is 1. The highest BCUT2D eigenvalue weighted by Gasteiger charge is 2.28. The standard InChI is InChI=1S/C23H23N3O5/c1-25-14-16-15-26(22(28)19-8-5-12-31-19)11-9-18(16)20(23(25)29)21(27)24-10-13-30-17-6-3-2-4-7-17/h2-8,12,14H,9-11,13,15H2,1H3,(H,24,27). The van der Waals surface area contributed by atoms with Gasteiger partial charge < -0.3 is 23.9 Å². The number of amides is 2. The van der Waals surface area contributed by atoms with E-state index in [1.54, 1.807) is 30.3 Å². The molecule has 1 aliphatic rings. The molecule has 0 atom stereocenters. The van der Waals surface area contributed by atoms with E-state index >= 15 is 0 Å². The SMILES string of the molecule is Cn1cc2c(c(C(=O)NCCOc3ccccc3)c1=O)CCN(C(=O)c1ccco1)C2. The monoisotopic (exact) mass is 421 g/mol. The molecule has 0 spiro atoms. The number of hydrogen-bond donors (Lipinski definition) is 1. The van der Waals surface area contributed by atoms with E-state index in [0.717, 1.165) is 5.56 Å². The third-order valence-corrected chi connectivity index (χ3v) is 5.21. The number of hydrogen-bond acceptors (Lipinski definition) is 5. The second-order valence-electron chi connectivity index (χ2n) is 7.30. The van der Waals surface area contributed by atoms with Crippen molar-refractivity contribution in [2.24, 2.45) is 7.05 Å². The van der Waals surface area contributed by atoms with Crippen LogP contribution in [-0.4, -0.2) is 41.0 Å². The molecule has 0 bridgehead atoms. The molecule has 0 radical (unpaired) electrons. The fraction of sp³-hybridized carbons (Fsp3) is 0.261. The van der Waals surface area contributed by atoms with Gasteiger partial charge in [-0.25, -0.2) is 0 Å². The van der Waals surface area contributed by atoms with Crippen molar-refractivity contribution in [3.63, 3.8) is 0 Å². The van der Waals surface area contributed by atoms with Crippen LogP contribution in [0.1, 0.15) is 32.0 Å². The summed E-state index contributed by atoms with van der Waals surface area (Å²) in [6.07, 6.45) is 3.56. The van der Waals surface area contributed by atoms with Crippen LogP contribution in [0.3, 0.4) is 0 Å². The Morgan fingerprint density at radius 2 is 1.97 bits per heavy atom. The van der Waals surface area contributed by atoms with Gasteiger partial charge in [0.05, 0.1) is 12.8 Å². The first-order valence-corrected chi connectivity index (χ1v) is 10.0. The Morgan fingerprint density at radius 3 is 2.71 bits per heavy atom. The van der Waals surface area contributed by atoms with Gasteiger partial charge in [0.1, 0.15) is 17.9 Å². The number of nitrogens with one attached hydrogen (secondary N) is 1. The largest absolute Gasteiger partial charge is 0.492 e. The first-order valence-electron chi connectivity index (χ1n) is 10.0. The molecule has 3 heterocycles. The van der Waals surface area contributed by atoms with Crippen molar-refractivity contribution in [1.29, 1.82) is 0 Å². The topological polar surface area (TPSA) is 93.8 Å². The number of rotatable bonds is 6. The van der Waals surface area contributed by atoms with Crippen molar-refractivity contribution < 1.29 is 18.7 Å². The molecule has 0 aliphatic carbocycles. The molecule has 0 fully saturated rings. The van der Waals surface area contributed by atoms with Gasteiger partial charge in [0.15, 0.2) is 5.76 Å². The Morgan fingerprint density at radius 1 is 1.16 bits per heavy atom. The van der Waals surface area contributed by atoms with Crippen LogP contribution >= 0.6 is 0 Å². The average Bonchev–Trinajstić information content (AvgIpc) is 3.32. The first kappa shape index (κ1) is 20.5. The third-order valence-electron chi connectivity index (χ3n) is 5.21. The minimum atomic E-state index is -0.431. The zero-order chi connectivity index (χ0) is 21.8. The number of aromatic nitrogens is 1. The number of benzene rings is 1. The van der Waals surface area contributed by atoms with Gasteiger partial charge in [-0.15, -0.1) is 0 Å². The number of fused-ring (bicyclic) bond motifs is 1. The predicted molar refractivity (Wildman–Crippen MR) is 113 cm³/mol. The zero-order valence-electron chi connectivity index (χ0n) is 17.2. The van der Waals surface area contributed by atoms with Crippen LogP contribution in [0.5, 0.6) is 5.75 Å². The molecular weight excluding hydrogens is 398 g/mol. The summed E-state index contributed by atoms with van der Waals surface area (Å²) in [4.78, 5) is 39.8. The predicted octanol–water partition coefficient (Wildman–Crippen LogP) is 1.99. The summed E-state index contributed by atoms with van der Waals surface area (Å²) in [6, 6.07) is 12.6. The molecule has 8 nitrogen and oxygen atoms in total. The summed E-state index contributed by atoms with van der Waals surface area (Å²) in [6.45, 7) is 1.26. The number of ether oxygens (including phenoxy) is 1. The van der Waals surface area contributed by atoms with E-state index in [1.165, 1.54) is 10.8 Å². The highest BCUT2D eigenvalue weighted by atomic mass is 16.5. The minimum absolute atomic E-state index is 0.129. The fourth-order valence-corrected chi connectivity index (χ4v) is 3.69. The molecule has 1 aromatic carbocycles. The third kappa shape index (κ3) is 4.37. The number of pyridine rings is 1. The molecule has 2 amide bonds. The van der Waals surface area contributed by atoms with Gasteiger partial charge in [-0.1, -0.05) is 18.2 Å². The van der Waals surface area contributed by atoms with Crippen molar-refractivity contribution in [2.75, 3.05) is 19.7 Å². The van der Waals surface area contributed by atoms with E-state index in [9.17, 15) is 14.4 Å². The summed E-state index contributed by atoms with van der Waals surface area (Å²) < 4.78 is 12.2. The second kappa shape index (κ2) is 8.91. The van der Waals surface area contributed by atoms with E-state index < -0.39 is 5.91 Å². The second-order valence-corrected chi connectivity index (χ2v) is 7.30. The number of carbonyl (C=O) groups excluding carboxylic acids is 2. The Labute approximate surface area is 179 Å². The lowest BCUT2D eigenvalue weighted by atomic mass is 9.96. The van der Waals surface area contributed by atoms with E-state index in [2.05, 4.69) is 5.32 Å². The number of para-hydroxylation sites is 1. The van der Waals surface area contributed by atoms with Gasteiger partial charge >= 0.3 is 0 Å². The van der Waals surface area contributed by atoms with Crippen molar-refractivity contribution in [3.05, 3.63) is 87.7 Å². The zero-order valence-corrected chi connectivity index (χ0v) is 17.2.